The van der Waals surface area contributed by atoms with E-state index in [1.165, 1.54) is 12.0 Å². The summed E-state index contributed by atoms with van der Waals surface area (Å²) in [6.45, 7) is 4.21. The van der Waals surface area contributed by atoms with Crippen molar-refractivity contribution in [3.05, 3.63) is 46.2 Å². The fourth-order valence-corrected chi connectivity index (χ4v) is 3.76. The number of benzene rings is 1. The number of nitrogens with zero attached hydrogens (tertiary/aromatic N) is 2. The highest BCUT2D eigenvalue weighted by Gasteiger charge is 2.16. The summed E-state index contributed by atoms with van der Waals surface area (Å²) in [6, 6.07) is 10.4. The van der Waals surface area contributed by atoms with Gasteiger partial charge in [-0.3, -0.25) is 4.90 Å². The molecular weight excluding hydrogens is 280 g/mol. The second-order valence-corrected chi connectivity index (χ2v) is 6.43. The van der Waals surface area contributed by atoms with Crippen molar-refractivity contribution < 1.29 is 0 Å². The first-order valence-corrected chi connectivity index (χ1v) is 8.23. The van der Waals surface area contributed by atoms with Gasteiger partial charge in [0.15, 0.2) is 0 Å². The lowest BCUT2D eigenvalue weighted by Crippen LogP contribution is -2.33. The van der Waals surface area contributed by atoms with Crippen molar-refractivity contribution in [1.82, 2.24) is 14.9 Å². The summed E-state index contributed by atoms with van der Waals surface area (Å²) in [6.07, 6.45) is 1.19. The summed E-state index contributed by atoms with van der Waals surface area (Å²) in [5.41, 5.74) is 3.61. The summed E-state index contributed by atoms with van der Waals surface area (Å²) in [7, 11) is 0. The molecule has 21 heavy (non-hydrogen) atoms. The number of thiophene rings is 1. The molecule has 108 valence electrons. The van der Waals surface area contributed by atoms with Crippen LogP contribution in [0.15, 0.2) is 35.7 Å². The van der Waals surface area contributed by atoms with Crippen LogP contribution in [0, 0.1) is 0 Å². The third kappa shape index (κ3) is 2.66. The smallest absolute Gasteiger partial charge is 0.201 e. The molecule has 1 aliphatic rings. The number of H-pyrrole nitrogens is 1. The number of para-hydroxylation sites is 2. The Kier molecular flexibility index (Phi) is 3.37. The molecule has 4 rings (SSSR count). The number of anilines is 1. The van der Waals surface area contributed by atoms with Crippen LogP contribution >= 0.6 is 11.3 Å². The number of rotatable bonds is 4. The minimum absolute atomic E-state index is 0.865. The number of hydrogen-bond acceptors (Lipinski definition) is 4. The molecule has 0 amide bonds. The van der Waals surface area contributed by atoms with Crippen molar-refractivity contribution in [2.45, 2.75) is 13.0 Å². The number of hydrogen-bond donors (Lipinski definition) is 2. The van der Waals surface area contributed by atoms with Crippen molar-refractivity contribution in [2.24, 2.45) is 0 Å². The van der Waals surface area contributed by atoms with Crippen molar-refractivity contribution >= 4 is 28.3 Å². The minimum Gasteiger partial charge on any atom is -0.355 e. The van der Waals surface area contributed by atoms with Gasteiger partial charge in [0.05, 0.1) is 11.0 Å². The Morgan fingerprint density at radius 1 is 1.29 bits per heavy atom. The standard InChI is InChI=1S/C16H18N4S/c1-2-4-14-13(3-1)18-16(19-14)17-7-9-20-8-5-15-12(11-20)6-10-21-15/h1-4,6,10H,5,7-9,11H2,(H2,17,18,19). The van der Waals surface area contributed by atoms with Gasteiger partial charge in [-0.25, -0.2) is 4.98 Å². The van der Waals surface area contributed by atoms with E-state index in [4.69, 9.17) is 0 Å². The third-order valence-electron chi connectivity index (χ3n) is 4.00. The largest absolute Gasteiger partial charge is 0.355 e. The van der Waals surface area contributed by atoms with Crippen LogP contribution in [-0.2, 0) is 13.0 Å². The molecule has 3 heterocycles. The molecule has 0 unspecified atom stereocenters. The molecule has 0 saturated heterocycles. The number of fused-ring (bicyclic) bond motifs is 2. The van der Waals surface area contributed by atoms with Gasteiger partial charge < -0.3 is 10.3 Å². The second-order valence-electron chi connectivity index (χ2n) is 5.42. The lowest BCUT2D eigenvalue weighted by molar-refractivity contribution is 0.266. The molecule has 0 radical (unpaired) electrons. The fourth-order valence-electron chi connectivity index (χ4n) is 2.87. The Hall–Kier alpha value is -1.85. The molecule has 0 aliphatic carbocycles. The van der Waals surface area contributed by atoms with E-state index in [-0.39, 0.29) is 0 Å². The zero-order valence-corrected chi connectivity index (χ0v) is 12.6. The van der Waals surface area contributed by atoms with Crippen LogP contribution in [0.3, 0.4) is 0 Å². The molecule has 0 spiro atoms. The molecule has 1 aliphatic heterocycles. The summed E-state index contributed by atoms with van der Waals surface area (Å²) in [5, 5.41) is 5.60. The van der Waals surface area contributed by atoms with E-state index in [1.807, 2.05) is 29.5 Å². The molecule has 0 fully saturated rings. The molecule has 0 saturated carbocycles. The molecule has 0 atom stereocenters. The van der Waals surface area contributed by atoms with Gasteiger partial charge in [0.1, 0.15) is 0 Å². The van der Waals surface area contributed by atoms with Crippen molar-refractivity contribution in [1.29, 1.82) is 0 Å². The van der Waals surface area contributed by atoms with E-state index >= 15 is 0 Å². The van der Waals surface area contributed by atoms with Gasteiger partial charge in [-0.2, -0.15) is 0 Å². The van der Waals surface area contributed by atoms with Crippen molar-refractivity contribution in [2.75, 3.05) is 25.0 Å². The Morgan fingerprint density at radius 3 is 3.19 bits per heavy atom. The third-order valence-corrected chi connectivity index (χ3v) is 5.02. The van der Waals surface area contributed by atoms with Crippen LogP contribution in [0.1, 0.15) is 10.4 Å². The van der Waals surface area contributed by atoms with E-state index in [0.717, 1.165) is 43.2 Å². The molecule has 0 bridgehead atoms. The summed E-state index contributed by atoms with van der Waals surface area (Å²) in [4.78, 5) is 11.9. The van der Waals surface area contributed by atoms with E-state index in [9.17, 15) is 0 Å². The maximum absolute atomic E-state index is 4.54. The van der Waals surface area contributed by atoms with Crippen molar-refractivity contribution in [3.63, 3.8) is 0 Å². The van der Waals surface area contributed by atoms with Gasteiger partial charge in [0.2, 0.25) is 5.95 Å². The number of nitrogens with one attached hydrogen (secondary N) is 2. The van der Waals surface area contributed by atoms with Crippen LogP contribution in [-0.4, -0.2) is 34.5 Å². The predicted octanol–water partition coefficient (Wildman–Crippen LogP) is 3.09. The SMILES string of the molecule is c1ccc2[nH]c(NCCN3CCc4sccc4C3)nc2c1. The molecular formula is C16H18N4S. The van der Waals surface area contributed by atoms with Crippen LogP contribution < -0.4 is 5.32 Å². The fraction of sp³-hybridized carbons (Fsp3) is 0.312. The maximum Gasteiger partial charge on any atom is 0.201 e. The van der Waals surface area contributed by atoms with E-state index < -0.39 is 0 Å². The van der Waals surface area contributed by atoms with Gasteiger partial charge in [0.25, 0.3) is 0 Å². The van der Waals surface area contributed by atoms with Gasteiger partial charge in [0, 0.05) is 31.1 Å². The Labute approximate surface area is 127 Å². The maximum atomic E-state index is 4.54. The topological polar surface area (TPSA) is 44.0 Å². The summed E-state index contributed by atoms with van der Waals surface area (Å²) < 4.78 is 0. The first kappa shape index (κ1) is 12.9. The Balaban J connectivity index is 1.33. The molecule has 4 nitrogen and oxygen atoms in total. The zero-order chi connectivity index (χ0) is 14.1. The number of aromatic amines is 1. The van der Waals surface area contributed by atoms with Crippen LogP contribution in [0.4, 0.5) is 5.95 Å². The van der Waals surface area contributed by atoms with E-state index in [2.05, 4.69) is 37.7 Å². The zero-order valence-electron chi connectivity index (χ0n) is 11.8. The average Bonchev–Trinajstić information content (AvgIpc) is 3.12. The number of imidazole rings is 1. The highest BCUT2D eigenvalue weighted by Crippen LogP contribution is 2.23. The molecule has 2 aromatic heterocycles. The molecule has 3 aromatic rings. The van der Waals surface area contributed by atoms with Crippen LogP contribution in [0.25, 0.3) is 11.0 Å². The van der Waals surface area contributed by atoms with Crippen LogP contribution in [0.2, 0.25) is 0 Å². The van der Waals surface area contributed by atoms with Gasteiger partial charge >= 0.3 is 0 Å². The quantitative estimate of drug-likeness (QED) is 0.778. The normalized spacial score (nSPS) is 15.2. The average molecular weight is 298 g/mol. The predicted molar refractivity (Wildman–Crippen MR) is 87.9 cm³/mol. The van der Waals surface area contributed by atoms with Crippen molar-refractivity contribution in [3.8, 4) is 0 Å². The Morgan fingerprint density at radius 2 is 2.24 bits per heavy atom. The second kappa shape index (κ2) is 5.50. The summed E-state index contributed by atoms with van der Waals surface area (Å²) in [5.74, 6) is 0.865. The summed E-state index contributed by atoms with van der Waals surface area (Å²) >= 11 is 1.89. The molecule has 1 aromatic carbocycles. The molecule has 5 heteroatoms. The van der Waals surface area contributed by atoms with Gasteiger partial charge in [-0.05, 0) is 35.6 Å². The highest BCUT2D eigenvalue weighted by atomic mass is 32.1. The van der Waals surface area contributed by atoms with E-state index in [1.54, 1.807) is 4.88 Å². The minimum atomic E-state index is 0.865. The number of aromatic nitrogens is 2. The highest BCUT2D eigenvalue weighted by molar-refractivity contribution is 7.10. The lowest BCUT2D eigenvalue weighted by atomic mass is 10.1. The first-order valence-electron chi connectivity index (χ1n) is 7.35. The monoisotopic (exact) mass is 298 g/mol. The Bertz CT molecular complexity index is 712. The van der Waals surface area contributed by atoms with Gasteiger partial charge in [-0.1, -0.05) is 12.1 Å². The van der Waals surface area contributed by atoms with Gasteiger partial charge in [-0.15, -0.1) is 11.3 Å². The first-order chi connectivity index (χ1) is 10.4. The lowest BCUT2D eigenvalue weighted by Gasteiger charge is -2.26. The molecule has 2 N–H and O–H groups in total. The van der Waals surface area contributed by atoms with Crippen LogP contribution in [0.5, 0.6) is 0 Å². The van der Waals surface area contributed by atoms with E-state index in [0.29, 0.717) is 0 Å².